The number of anilines is 2. The van der Waals surface area contributed by atoms with E-state index < -0.39 is 0 Å². The highest BCUT2D eigenvalue weighted by molar-refractivity contribution is 5.92. The van der Waals surface area contributed by atoms with Crippen molar-refractivity contribution in [2.75, 3.05) is 18.4 Å². The molecule has 0 radical (unpaired) electrons. The van der Waals surface area contributed by atoms with Crippen LogP contribution in [0.4, 0.5) is 11.5 Å². The van der Waals surface area contributed by atoms with Gasteiger partial charge in [-0.15, -0.1) is 0 Å². The molecule has 7 rings (SSSR count). The first-order chi connectivity index (χ1) is 22.9. The van der Waals surface area contributed by atoms with Crippen molar-refractivity contribution in [3.05, 3.63) is 100 Å². The Morgan fingerprint density at radius 1 is 0.936 bits per heavy atom. The van der Waals surface area contributed by atoms with Crippen molar-refractivity contribution in [2.45, 2.75) is 54.0 Å². The lowest BCUT2D eigenvalue weighted by Crippen LogP contribution is -2.18. The van der Waals surface area contributed by atoms with Crippen molar-refractivity contribution in [3.8, 4) is 28.7 Å². The number of benzene rings is 3. The summed E-state index contributed by atoms with van der Waals surface area (Å²) in [5.41, 5.74) is 10.5. The fourth-order valence-electron chi connectivity index (χ4n) is 6.36. The molecule has 236 valence electrons. The third kappa shape index (κ3) is 6.23. The Kier molecular flexibility index (Phi) is 9.10. The number of fused-ring (bicyclic) bond motifs is 2. The quantitative estimate of drug-likeness (QED) is 0.176. The number of carbonyl (C=O) groups excluding carboxylic acids is 1. The number of likely N-dealkylation sites (tertiary alicyclic amines) is 1. The smallest absolute Gasteiger partial charge is 0.227 e. The Hall–Kier alpha value is -5.39. The summed E-state index contributed by atoms with van der Waals surface area (Å²) in [6, 6.07) is 21.8. The van der Waals surface area contributed by atoms with E-state index in [4.69, 9.17) is 14.4 Å². The topological polar surface area (TPSA) is 108 Å². The van der Waals surface area contributed by atoms with Crippen molar-refractivity contribution < 1.29 is 9.21 Å². The fourth-order valence-corrected chi connectivity index (χ4v) is 6.36. The third-order valence-corrected chi connectivity index (χ3v) is 8.67. The number of oxazole rings is 1. The summed E-state index contributed by atoms with van der Waals surface area (Å²) in [5, 5.41) is 14.3. The fraction of sp³-hybridized carbons (Fsp3) is 0.256. The van der Waals surface area contributed by atoms with Gasteiger partial charge in [0.2, 0.25) is 5.89 Å². The van der Waals surface area contributed by atoms with Gasteiger partial charge in [-0.3, -0.25) is 14.7 Å². The van der Waals surface area contributed by atoms with Crippen LogP contribution in [-0.2, 0) is 6.54 Å². The molecule has 0 aliphatic carbocycles. The largest absolute Gasteiger partial charge is 0.435 e. The van der Waals surface area contributed by atoms with E-state index in [-0.39, 0.29) is 5.56 Å². The predicted octanol–water partition coefficient (Wildman–Crippen LogP) is 9.08. The van der Waals surface area contributed by atoms with E-state index in [1.165, 1.54) is 24.5 Å². The number of carbonyl (C=O) groups is 1. The van der Waals surface area contributed by atoms with Gasteiger partial charge in [-0.1, -0.05) is 38.1 Å². The molecule has 1 saturated heterocycles. The van der Waals surface area contributed by atoms with Crippen LogP contribution in [0, 0.1) is 32.1 Å². The maximum Gasteiger partial charge on any atom is 0.227 e. The van der Waals surface area contributed by atoms with Crippen LogP contribution in [0.3, 0.4) is 0 Å². The van der Waals surface area contributed by atoms with E-state index in [1.54, 1.807) is 6.07 Å². The Bertz CT molecular complexity index is 2150. The molecular formula is C39H38N6O2. The van der Waals surface area contributed by atoms with E-state index >= 15 is 0 Å². The van der Waals surface area contributed by atoms with Crippen molar-refractivity contribution in [1.29, 1.82) is 5.26 Å². The number of hydrogen-bond acceptors (Lipinski definition) is 8. The molecule has 0 spiro atoms. The Labute approximate surface area is 275 Å². The van der Waals surface area contributed by atoms with Gasteiger partial charge in [0.1, 0.15) is 23.4 Å². The van der Waals surface area contributed by atoms with Crippen molar-refractivity contribution in [2.24, 2.45) is 0 Å². The third-order valence-electron chi connectivity index (χ3n) is 8.67. The number of aromatic nitrogens is 3. The molecular weight excluding hydrogens is 584 g/mol. The normalized spacial score (nSPS) is 12.9. The van der Waals surface area contributed by atoms with E-state index in [2.05, 4.69) is 58.5 Å². The summed E-state index contributed by atoms with van der Waals surface area (Å²) in [7, 11) is 0. The van der Waals surface area contributed by atoms with Crippen LogP contribution < -0.4 is 5.32 Å². The van der Waals surface area contributed by atoms with Crippen molar-refractivity contribution in [3.63, 3.8) is 0 Å². The monoisotopic (exact) mass is 622 g/mol. The average Bonchev–Trinajstić information content (AvgIpc) is 3.76. The molecule has 0 unspecified atom stereocenters. The Balaban J connectivity index is 0.00000190. The number of pyridine rings is 2. The first-order valence-corrected chi connectivity index (χ1v) is 16.2. The first-order valence-electron chi connectivity index (χ1n) is 16.2. The SMILES string of the molecule is CC.Cc1cc2cc(CN3CCCC3)cnc2c(Nc2cccc(-c3cccc(-c4nc5cc(C=O)cc(C#N)c5o4)c3C)c2C)n1. The van der Waals surface area contributed by atoms with Gasteiger partial charge in [0.15, 0.2) is 11.4 Å². The molecule has 47 heavy (non-hydrogen) atoms. The molecule has 0 saturated carbocycles. The number of rotatable bonds is 7. The van der Waals surface area contributed by atoms with Gasteiger partial charge in [0.25, 0.3) is 0 Å². The summed E-state index contributed by atoms with van der Waals surface area (Å²) < 4.78 is 6.10. The number of nitrogens with zero attached hydrogens (tertiary/aromatic N) is 5. The second kappa shape index (κ2) is 13.5. The highest BCUT2D eigenvalue weighted by Gasteiger charge is 2.19. The minimum absolute atomic E-state index is 0.284. The van der Waals surface area contributed by atoms with Gasteiger partial charge in [0, 0.05) is 40.6 Å². The lowest BCUT2D eigenvalue weighted by atomic mass is 9.93. The predicted molar refractivity (Wildman–Crippen MR) is 188 cm³/mol. The molecule has 4 heterocycles. The Morgan fingerprint density at radius 3 is 2.40 bits per heavy atom. The second-order valence-electron chi connectivity index (χ2n) is 11.8. The first kappa shape index (κ1) is 31.6. The number of aryl methyl sites for hydroxylation is 1. The van der Waals surface area contributed by atoms with Gasteiger partial charge in [-0.05, 0) is 111 Å². The summed E-state index contributed by atoms with van der Waals surface area (Å²) in [4.78, 5) is 28.2. The van der Waals surface area contributed by atoms with Crippen molar-refractivity contribution in [1.82, 2.24) is 19.9 Å². The zero-order chi connectivity index (χ0) is 33.1. The molecule has 1 aliphatic heterocycles. The number of hydrogen-bond donors (Lipinski definition) is 1. The van der Waals surface area contributed by atoms with Gasteiger partial charge < -0.3 is 9.73 Å². The van der Waals surface area contributed by atoms with Crippen LogP contribution in [0.25, 0.3) is 44.6 Å². The maximum absolute atomic E-state index is 11.4. The van der Waals surface area contributed by atoms with E-state index in [1.807, 2.05) is 52.1 Å². The minimum atomic E-state index is 0.284. The van der Waals surface area contributed by atoms with E-state index in [9.17, 15) is 10.1 Å². The van der Waals surface area contributed by atoms with Crippen molar-refractivity contribution >= 4 is 39.8 Å². The zero-order valence-corrected chi connectivity index (χ0v) is 27.5. The molecule has 0 amide bonds. The van der Waals surface area contributed by atoms with Crippen LogP contribution >= 0.6 is 0 Å². The van der Waals surface area contributed by atoms with Crippen LogP contribution in [0.1, 0.15) is 65.0 Å². The number of nitriles is 1. The molecule has 8 heteroatoms. The average molecular weight is 623 g/mol. The summed E-state index contributed by atoms with van der Waals surface area (Å²) in [6.45, 7) is 13.4. The molecule has 3 aromatic carbocycles. The maximum atomic E-state index is 11.4. The summed E-state index contributed by atoms with van der Waals surface area (Å²) >= 11 is 0. The zero-order valence-electron chi connectivity index (χ0n) is 27.5. The highest BCUT2D eigenvalue weighted by Crippen LogP contribution is 2.37. The standard InChI is InChI=1S/C37H32N6O2.C2H6/c1-22-14-27-16-26(20-43-12-4-5-13-43)19-39-34(27)36(40-22)41-32-11-7-9-30(24(32)3)29-8-6-10-31(23(29)2)37-42-33-17-25(21-44)15-28(18-38)35(33)45-37;1-2/h6-11,14-17,19,21H,4-5,12-13,20H2,1-3H3,(H,40,41);1-2H3. The molecule has 0 bridgehead atoms. The summed E-state index contributed by atoms with van der Waals surface area (Å²) in [6.07, 6.45) is 5.22. The van der Waals surface area contributed by atoms with E-state index in [0.29, 0.717) is 28.8 Å². The second-order valence-corrected chi connectivity index (χ2v) is 11.8. The number of nitrogens with one attached hydrogen (secondary N) is 1. The lowest BCUT2D eigenvalue weighted by molar-refractivity contribution is 0.112. The molecule has 1 fully saturated rings. The van der Waals surface area contributed by atoms with Crippen LogP contribution in [-0.4, -0.2) is 39.2 Å². The molecule has 1 N–H and O–H groups in total. The number of aldehydes is 1. The Morgan fingerprint density at radius 2 is 1.66 bits per heavy atom. The van der Waals surface area contributed by atoms with Crippen LogP contribution in [0.5, 0.6) is 0 Å². The van der Waals surface area contributed by atoms with E-state index in [0.717, 1.165) is 75.6 Å². The molecule has 3 aromatic heterocycles. The lowest BCUT2D eigenvalue weighted by Gasteiger charge is -2.17. The molecule has 0 atom stereocenters. The van der Waals surface area contributed by atoms with Gasteiger partial charge in [0.05, 0.1) is 5.56 Å². The van der Waals surface area contributed by atoms with Crippen LogP contribution in [0.2, 0.25) is 0 Å². The minimum Gasteiger partial charge on any atom is -0.435 e. The molecule has 1 aliphatic rings. The van der Waals surface area contributed by atoms with Gasteiger partial charge in [-0.25, -0.2) is 9.97 Å². The van der Waals surface area contributed by atoms with Crippen LogP contribution in [0.15, 0.2) is 71.3 Å². The summed E-state index contributed by atoms with van der Waals surface area (Å²) in [5.74, 6) is 1.14. The highest BCUT2D eigenvalue weighted by atomic mass is 16.3. The van der Waals surface area contributed by atoms with Gasteiger partial charge in [-0.2, -0.15) is 5.26 Å². The molecule has 8 nitrogen and oxygen atoms in total. The molecule has 6 aromatic rings. The van der Waals surface area contributed by atoms with Gasteiger partial charge >= 0.3 is 0 Å².